The van der Waals surface area contributed by atoms with E-state index in [4.69, 9.17) is 18.1 Å². The van der Waals surface area contributed by atoms with Crippen molar-refractivity contribution in [1.82, 2.24) is 0 Å². The van der Waals surface area contributed by atoms with Crippen LogP contribution in [-0.4, -0.2) is 15.0 Å². The molecule has 0 unspecified atom stereocenters. The van der Waals surface area contributed by atoms with Crippen LogP contribution in [0.2, 0.25) is 0 Å². The molecule has 9 heteroatoms. The van der Waals surface area contributed by atoms with Crippen molar-refractivity contribution in [3.8, 4) is 0 Å². The predicted octanol–water partition coefficient (Wildman–Crippen LogP) is 4.04. The molecule has 0 aliphatic heterocycles. The Morgan fingerprint density at radius 3 is 1.93 bits per heavy atom. The quantitative estimate of drug-likeness (QED) is 0.260. The maximum absolute atomic E-state index is 12.0. The maximum Gasteiger partial charge on any atom is 0 e. The minimum absolute atomic E-state index is 0. The fraction of sp³-hybridized carbons (Fsp3) is 0.105. The van der Waals surface area contributed by atoms with E-state index in [1.165, 1.54) is 12.1 Å². The van der Waals surface area contributed by atoms with Crippen LogP contribution in [-0.2, 0) is 45.3 Å². The first kappa shape index (κ1) is 31.0. The van der Waals surface area contributed by atoms with Crippen molar-refractivity contribution in [2.24, 2.45) is 0 Å². The Morgan fingerprint density at radius 2 is 1.36 bits per heavy atom. The topological polar surface area (TPSA) is 103 Å². The first-order valence-electron chi connectivity index (χ1n) is 7.05. The van der Waals surface area contributed by atoms with Gasteiger partial charge in [0, 0.05) is 21.5 Å². The maximum atomic E-state index is 12.0. The smallest absolute Gasteiger partial charge is 0 e. The first-order valence-corrected chi connectivity index (χ1v) is 9.25. The standard InChI is InChI=1S/C16H15BrO3S.3CO.Fe/c17-15-8-10-16(11-9-15)21(18,19)20-13-12-14-6-4-2-1-3-5-7-14;3*1-2;/h1-11H,12-13H2;;;;/b2-1-,3-1?,4-2?,5-3-,6-4-,7-5?,14-6?,14-7+;;;;. The van der Waals surface area contributed by atoms with Gasteiger partial charge >= 0.3 is 33.9 Å². The van der Waals surface area contributed by atoms with Gasteiger partial charge in [0.05, 0.1) is 11.5 Å². The summed E-state index contributed by atoms with van der Waals surface area (Å²) in [5.74, 6) is 0. The summed E-state index contributed by atoms with van der Waals surface area (Å²) < 4.78 is 52.4. The largest absolute Gasteiger partial charge is 0 e. The van der Waals surface area contributed by atoms with Crippen LogP contribution < -0.4 is 0 Å². The van der Waals surface area contributed by atoms with Gasteiger partial charge < -0.3 is 0 Å². The summed E-state index contributed by atoms with van der Waals surface area (Å²) in [7, 11) is -3.70. The molecule has 0 heterocycles. The van der Waals surface area contributed by atoms with Crippen molar-refractivity contribution in [2.75, 3.05) is 6.61 Å². The molecule has 1 aromatic carbocycles. The number of hydrogen-bond acceptors (Lipinski definition) is 3. The molecule has 6 nitrogen and oxygen atoms in total. The van der Waals surface area contributed by atoms with Crippen LogP contribution in [0.3, 0.4) is 0 Å². The molecular formula is C19H15BrFeO6S. The van der Waals surface area contributed by atoms with Gasteiger partial charge in [-0.15, -0.1) is 0 Å². The minimum atomic E-state index is -3.70. The van der Waals surface area contributed by atoms with Gasteiger partial charge in [-0.3, -0.25) is 4.18 Å². The Bertz CT molecular complexity index is 817. The number of benzene rings is 1. The van der Waals surface area contributed by atoms with Crippen LogP contribution in [0.4, 0.5) is 0 Å². The van der Waals surface area contributed by atoms with E-state index in [1.54, 1.807) is 12.1 Å². The van der Waals surface area contributed by atoms with E-state index in [2.05, 4.69) is 35.9 Å². The summed E-state index contributed by atoms with van der Waals surface area (Å²) in [6.45, 7) is 13.6. The van der Waals surface area contributed by atoms with Gasteiger partial charge in [-0.05, 0) is 36.3 Å². The summed E-state index contributed by atoms with van der Waals surface area (Å²) in [6.07, 6.45) is 14.0. The molecule has 0 aromatic heterocycles. The van der Waals surface area contributed by atoms with Crippen LogP contribution in [0.15, 0.2) is 81.7 Å². The molecule has 0 fully saturated rings. The monoisotopic (exact) mass is 506 g/mol. The Kier molecular flexibility index (Phi) is 22.2. The third-order valence-electron chi connectivity index (χ3n) is 2.80. The summed E-state index contributed by atoms with van der Waals surface area (Å²) in [5.41, 5.74) is 1.02. The Morgan fingerprint density at radius 1 is 0.857 bits per heavy atom. The molecule has 1 aliphatic carbocycles. The van der Waals surface area contributed by atoms with E-state index in [-0.39, 0.29) is 28.6 Å². The molecule has 0 saturated heterocycles. The molecular weight excluding hydrogens is 492 g/mol. The summed E-state index contributed by atoms with van der Waals surface area (Å²) in [6, 6.07) is 6.38. The molecule has 0 atom stereocenters. The molecule has 1 aliphatic rings. The van der Waals surface area contributed by atoms with E-state index >= 15 is 0 Å². The number of hydrogen-bond donors (Lipinski definition) is 0. The molecule has 28 heavy (non-hydrogen) atoms. The van der Waals surface area contributed by atoms with Crippen molar-refractivity contribution >= 4 is 26.0 Å². The SMILES string of the molecule is O=S(=O)(OCCC1=C/C=C\C=C/C=C\1)c1ccc(Br)cc1.[C-]#[O+].[C-]#[O+].[C-]#[O+].[Fe]. The van der Waals surface area contributed by atoms with Gasteiger partial charge in [-0.25, -0.2) is 0 Å². The van der Waals surface area contributed by atoms with Gasteiger partial charge in [-0.2, -0.15) is 8.42 Å². The fourth-order valence-electron chi connectivity index (χ4n) is 1.71. The van der Waals surface area contributed by atoms with E-state index in [0.29, 0.717) is 6.42 Å². The molecule has 0 amide bonds. The number of rotatable bonds is 5. The van der Waals surface area contributed by atoms with Crippen molar-refractivity contribution in [1.29, 1.82) is 0 Å². The van der Waals surface area contributed by atoms with Crippen LogP contribution in [0.1, 0.15) is 6.42 Å². The van der Waals surface area contributed by atoms with Crippen molar-refractivity contribution < 1.29 is 43.6 Å². The molecule has 0 bridgehead atoms. The van der Waals surface area contributed by atoms with Crippen LogP contribution in [0.5, 0.6) is 0 Å². The van der Waals surface area contributed by atoms with Gasteiger partial charge in [0.15, 0.2) is 0 Å². The van der Waals surface area contributed by atoms with Crippen LogP contribution in [0, 0.1) is 20.0 Å². The molecule has 0 radical (unpaired) electrons. The molecule has 0 N–H and O–H groups in total. The average Bonchev–Trinajstić information content (AvgIpc) is 2.68. The zero-order valence-electron chi connectivity index (χ0n) is 14.4. The fourth-order valence-corrected chi connectivity index (χ4v) is 2.88. The van der Waals surface area contributed by atoms with E-state index in [0.717, 1.165) is 10.0 Å². The van der Waals surface area contributed by atoms with Crippen LogP contribution in [0.25, 0.3) is 0 Å². The van der Waals surface area contributed by atoms with Crippen molar-refractivity contribution in [3.05, 3.63) is 96.8 Å². The molecule has 148 valence electrons. The second-order valence-electron chi connectivity index (χ2n) is 4.35. The average molecular weight is 507 g/mol. The second kappa shape index (κ2) is 20.1. The van der Waals surface area contributed by atoms with Gasteiger partial charge in [0.2, 0.25) is 0 Å². The van der Waals surface area contributed by atoms with Gasteiger partial charge in [0.25, 0.3) is 10.1 Å². The van der Waals surface area contributed by atoms with Gasteiger partial charge in [-0.1, -0.05) is 58.5 Å². The Balaban J connectivity index is -0.000000815. The van der Waals surface area contributed by atoms with Crippen molar-refractivity contribution in [3.63, 3.8) is 0 Å². The molecule has 0 saturated carbocycles. The van der Waals surface area contributed by atoms with E-state index in [9.17, 15) is 8.42 Å². The summed E-state index contributed by atoms with van der Waals surface area (Å²) in [4.78, 5) is 0.163. The normalized spacial score (nSPS) is 16.5. The summed E-state index contributed by atoms with van der Waals surface area (Å²) >= 11 is 3.27. The third kappa shape index (κ3) is 13.5. The Labute approximate surface area is 183 Å². The molecule has 0 spiro atoms. The minimum Gasteiger partial charge on any atom is 0 e. The number of halogens is 1. The molecule has 2 rings (SSSR count). The van der Waals surface area contributed by atoms with Crippen molar-refractivity contribution in [2.45, 2.75) is 11.3 Å². The second-order valence-corrected chi connectivity index (χ2v) is 6.88. The van der Waals surface area contributed by atoms with Gasteiger partial charge in [0.1, 0.15) is 0 Å². The first-order chi connectivity index (χ1) is 13.1. The van der Waals surface area contributed by atoms with E-state index < -0.39 is 10.1 Å². The number of allylic oxidation sites excluding steroid dienone is 7. The third-order valence-corrected chi connectivity index (χ3v) is 4.65. The summed E-state index contributed by atoms with van der Waals surface area (Å²) in [5, 5.41) is 0. The van der Waals surface area contributed by atoms with E-state index in [1.807, 2.05) is 42.5 Å². The Hall–Kier alpha value is -1.69. The zero-order valence-corrected chi connectivity index (χ0v) is 17.9. The zero-order chi connectivity index (χ0) is 21.1. The molecule has 1 aromatic rings. The predicted molar refractivity (Wildman–Crippen MR) is 99.2 cm³/mol. The van der Waals surface area contributed by atoms with Crippen LogP contribution >= 0.6 is 15.9 Å².